The molecule has 0 bridgehead atoms. The summed E-state index contributed by atoms with van der Waals surface area (Å²) in [5.74, 6) is 0. The van der Waals surface area contributed by atoms with Gasteiger partial charge in [-0.1, -0.05) is 35.9 Å². The van der Waals surface area contributed by atoms with Gasteiger partial charge in [-0.3, -0.25) is 0 Å². The van der Waals surface area contributed by atoms with Crippen LogP contribution in [0.2, 0.25) is 5.15 Å². The van der Waals surface area contributed by atoms with Crippen molar-refractivity contribution in [1.82, 2.24) is 19.5 Å². The SMILES string of the molecule is F[B-](F)(F)c1ccc(Cn2cnc3c(Cl)ncnc32)cc1.[K+]. The van der Waals surface area contributed by atoms with Crippen LogP contribution >= 0.6 is 11.6 Å². The van der Waals surface area contributed by atoms with Crippen molar-refractivity contribution in [2.24, 2.45) is 0 Å². The second-order valence-corrected chi connectivity index (χ2v) is 4.88. The van der Waals surface area contributed by atoms with Crippen LogP contribution in [0.15, 0.2) is 36.9 Å². The zero-order chi connectivity index (χ0) is 15.0. The fraction of sp³-hybridized carbons (Fsp3) is 0.0833. The molecule has 2 aromatic heterocycles. The predicted octanol–water partition coefficient (Wildman–Crippen LogP) is -0.414. The Kier molecular flexibility index (Phi) is 5.68. The summed E-state index contributed by atoms with van der Waals surface area (Å²) in [4.78, 5) is 12.0. The summed E-state index contributed by atoms with van der Waals surface area (Å²) in [5.41, 5.74) is 1.11. The van der Waals surface area contributed by atoms with Crippen LogP contribution in [0.25, 0.3) is 11.2 Å². The molecule has 0 fully saturated rings. The first-order chi connectivity index (χ1) is 9.95. The van der Waals surface area contributed by atoms with Crippen molar-refractivity contribution in [3.05, 3.63) is 47.6 Å². The molecule has 0 atom stereocenters. The molecule has 108 valence electrons. The van der Waals surface area contributed by atoms with Crippen LogP contribution in [0.1, 0.15) is 5.56 Å². The van der Waals surface area contributed by atoms with Crippen LogP contribution < -0.4 is 56.8 Å². The number of halogens is 4. The van der Waals surface area contributed by atoms with Gasteiger partial charge in [0.2, 0.25) is 0 Å². The van der Waals surface area contributed by atoms with Gasteiger partial charge in [0.05, 0.1) is 12.9 Å². The maximum Gasteiger partial charge on any atom is 1.00 e. The Morgan fingerprint density at radius 2 is 1.73 bits per heavy atom. The van der Waals surface area contributed by atoms with Crippen molar-refractivity contribution >= 4 is 35.2 Å². The van der Waals surface area contributed by atoms with E-state index in [0.717, 1.165) is 12.1 Å². The minimum Gasteiger partial charge on any atom is -0.445 e. The predicted molar refractivity (Wildman–Crippen MR) is 74.6 cm³/mol. The molecule has 2 heterocycles. The molecular weight excluding hydrogens is 343 g/mol. The van der Waals surface area contributed by atoms with Crippen LogP contribution in [0.4, 0.5) is 12.9 Å². The Hall–Kier alpha value is -0.449. The average Bonchev–Trinajstić information content (AvgIpc) is 2.83. The monoisotopic (exact) mass is 350 g/mol. The Balaban J connectivity index is 0.00000176. The minimum absolute atomic E-state index is 0. The van der Waals surface area contributed by atoms with E-state index >= 15 is 0 Å². The maximum absolute atomic E-state index is 12.6. The molecule has 0 spiro atoms. The van der Waals surface area contributed by atoms with Gasteiger partial charge in [-0.15, -0.1) is 5.46 Å². The molecule has 4 nitrogen and oxygen atoms in total. The Bertz CT molecular complexity index is 791. The summed E-state index contributed by atoms with van der Waals surface area (Å²) in [7, 11) is 0. The van der Waals surface area contributed by atoms with Crippen molar-refractivity contribution in [3.8, 4) is 0 Å². The zero-order valence-electron chi connectivity index (χ0n) is 11.5. The Labute approximate surface area is 171 Å². The fourth-order valence-corrected chi connectivity index (χ4v) is 2.18. The largest absolute Gasteiger partial charge is 1.00 e. The van der Waals surface area contributed by atoms with E-state index in [1.54, 1.807) is 4.57 Å². The van der Waals surface area contributed by atoms with E-state index in [1.807, 2.05) is 0 Å². The fourth-order valence-electron chi connectivity index (χ4n) is 2.01. The van der Waals surface area contributed by atoms with Crippen LogP contribution in [-0.2, 0) is 6.54 Å². The number of benzene rings is 1. The quantitative estimate of drug-likeness (QED) is 0.476. The number of hydrogen-bond donors (Lipinski definition) is 0. The first kappa shape index (κ1) is 17.9. The third-order valence-corrected chi connectivity index (χ3v) is 3.34. The average molecular weight is 351 g/mol. The van der Waals surface area contributed by atoms with Crippen molar-refractivity contribution in [3.63, 3.8) is 0 Å². The van der Waals surface area contributed by atoms with Gasteiger partial charge in [0, 0.05) is 0 Å². The summed E-state index contributed by atoms with van der Waals surface area (Å²) in [6.45, 7) is -4.61. The van der Waals surface area contributed by atoms with E-state index in [1.165, 1.54) is 24.8 Å². The standard InChI is InChI=1S/C12H8BClF3N4.K/c14-11-10-12(19-6-18-11)21(7-20-10)5-8-1-3-9(4-2-8)13(15,16)17;/h1-4,6-7H,5H2;/q-1;+1. The number of imidazole rings is 1. The van der Waals surface area contributed by atoms with Gasteiger partial charge in [0.25, 0.3) is 0 Å². The molecule has 0 unspecified atom stereocenters. The van der Waals surface area contributed by atoms with E-state index in [4.69, 9.17) is 11.6 Å². The third-order valence-electron chi connectivity index (χ3n) is 3.07. The van der Waals surface area contributed by atoms with Gasteiger partial charge in [0.1, 0.15) is 11.8 Å². The molecule has 0 aliphatic carbocycles. The molecule has 0 aliphatic rings. The molecule has 0 N–H and O–H groups in total. The van der Waals surface area contributed by atoms with Crippen LogP contribution in [0.5, 0.6) is 0 Å². The molecule has 0 radical (unpaired) electrons. The molecular formula is C12H8BClF3KN4. The molecule has 10 heteroatoms. The van der Waals surface area contributed by atoms with Gasteiger partial charge < -0.3 is 17.5 Å². The van der Waals surface area contributed by atoms with Crippen LogP contribution in [0.3, 0.4) is 0 Å². The molecule has 22 heavy (non-hydrogen) atoms. The maximum atomic E-state index is 12.6. The smallest absolute Gasteiger partial charge is 0.445 e. The summed E-state index contributed by atoms with van der Waals surface area (Å²) in [6.07, 6.45) is 2.85. The van der Waals surface area contributed by atoms with E-state index < -0.39 is 12.4 Å². The van der Waals surface area contributed by atoms with Crippen LogP contribution in [0, 0.1) is 0 Å². The number of rotatable bonds is 3. The van der Waals surface area contributed by atoms with Crippen molar-refractivity contribution in [1.29, 1.82) is 0 Å². The third kappa shape index (κ3) is 3.72. The summed E-state index contributed by atoms with van der Waals surface area (Å²) in [6, 6.07) is 5.05. The second kappa shape index (κ2) is 6.98. The van der Waals surface area contributed by atoms with Gasteiger partial charge in [0.15, 0.2) is 10.8 Å². The van der Waals surface area contributed by atoms with Gasteiger partial charge in [-0.25, -0.2) is 15.0 Å². The van der Waals surface area contributed by atoms with E-state index in [2.05, 4.69) is 15.0 Å². The molecule has 1 aromatic carbocycles. The van der Waals surface area contributed by atoms with Crippen molar-refractivity contribution in [2.75, 3.05) is 0 Å². The summed E-state index contributed by atoms with van der Waals surface area (Å²) < 4.78 is 39.4. The summed E-state index contributed by atoms with van der Waals surface area (Å²) >= 11 is 5.89. The number of aromatic nitrogens is 4. The van der Waals surface area contributed by atoms with Crippen molar-refractivity contribution in [2.45, 2.75) is 6.54 Å². The molecule has 3 rings (SSSR count). The van der Waals surface area contributed by atoms with Gasteiger partial charge >= 0.3 is 58.4 Å². The molecule has 0 aliphatic heterocycles. The first-order valence-corrected chi connectivity index (χ1v) is 6.43. The van der Waals surface area contributed by atoms with E-state index in [-0.39, 0.29) is 56.5 Å². The normalized spacial score (nSPS) is 11.5. The minimum atomic E-state index is -4.97. The molecule has 0 saturated carbocycles. The van der Waals surface area contributed by atoms with E-state index in [9.17, 15) is 12.9 Å². The van der Waals surface area contributed by atoms with Gasteiger partial charge in [-0.2, -0.15) is 0 Å². The molecule has 3 aromatic rings. The Morgan fingerprint density at radius 3 is 2.36 bits per heavy atom. The topological polar surface area (TPSA) is 43.6 Å². The molecule has 0 amide bonds. The first-order valence-electron chi connectivity index (χ1n) is 6.05. The molecule has 0 saturated heterocycles. The zero-order valence-corrected chi connectivity index (χ0v) is 15.4. The van der Waals surface area contributed by atoms with Crippen LogP contribution in [-0.4, -0.2) is 26.5 Å². The number of fused-ring (bicyclic) bond motifs is 1. The number of nitrogens with zero attached hydrogens (tertiary/aromatic N) is 4. The second-order valence-electron chi connectivity index (χ2n) is 4.53. The Morgan fingerprint density at radius 1 is 1.05 bits per heavy atom. The number of hydrogen-bond acceptors (Lipinski definition) is 3. The summed E-state index contributed by atoms with van der Waals surface area (Å²) in [5, 5.41) is 0.244. The van der Waals surface area contributed by atoms with Gasteiger partial charge in [-0.05, 0) is 5.56 Å². The van der Waals surface area contributed by atoms with Crippen molar-refractivity contribution < 1.29 is 64.3 Å². The van der Waals surface area contributed by atoms with E-state index in [0.29, 0.717) is 23.3 Å².